The van der Waals surface area contributed by atoms with Crippen LogP contribution in [0.4, 0.5) is 4.39 Å². The molecule has 21 heavy (non-hydrogen) atoms. The minimum Gasteiger partial charge on any atom is -0.481 e. The molecule has 1 aromatic heterocycles. The number of rotatable bonds is 5. The molecule has 1 aliphatic rings. The van der Waals surface area contributed by atoms with Crippen molar-refractivity contribution >= 4 is 11.9 Å². The summed E-state index contributed by atoms with van der Waals surface area (Å²) < 4.78 is 18.2. The van der Waals surface area contributed by atoms with Gasteiger partial charge in [-0.3, -0.25) is 9.59 Å². The van der Waals surface area contributed by atoms with E-state index < -0.39 is 11.8 Å². The van der Waals surface area contributed by atoms with E-state index in [0.29, 0.717) is 25.9 Å². The molecule has 0 atom stereocenters. The van der Waals surface area contributed by atoms with Gasteiger partial charge in [0, 0.05) is 13.1 Å². The van der Waals surface area contributed by atoms with Gasteiger partial charge in [-0.1, -0.05) is 0 Å². The number of aromatic nitrogens is 1. The third kappa shape index (κ3) is 4.49. The van der Waals surface area contributed by atoms with E-state index in [1.807, 2.05) is 0 Å². The van der Waals surface area contributed by atoms with Crippen molar-refractivity contribution in [2.45, 2.75) is 25.4 Å². The third-order valence-electron chi connectivity index (χ3n) is 3.35. The Morgan fingerprint density at radius 1 is 1.38 bits per heavy atom. The van der Waals surface area contributed by atoms with Crippen LogP contribution in [-0.2, 0) is 9.53 Å². The molecular weight excluding hydrogens is 279 g/mol. The number of pyridine rings is 1. The maximum Gasteiger partial charge on any atom is 0.305 e. The van der Waals surface area contributed by atoms with Crippen LogP contribution in [0.25, 0.3) is 0 Å². The van der Waals surface area contributed by atoms with Crippen LogP contribution in [-0.4, -0.2) is 52.7 Å². The van der Waals surface area contributed by atoms with Crippen molar-refractivity contribution in [1.82, 2.24) is 9.88 Å². The van der Waals surface area contributed by atoms with Gasteiger partial charge in [-0.05, 0) is 25.0 Å². The number of aliphatic carboxylic acids is 1. The zero-order chi connectivity index (χ0) is 15.2. The molecule has 1 fully saturated rings. The van der Waals surface area contributed by atoms with Crippen molar-refractivity contribution in [2.75, 3.05) is 19.7 Å². The number of carbonyl (C=O) groups is 2. The third-order valence-corrected chi connectivity index (χ3v) is 3.35. The number of carboxylic acid groups (broad SMARTS) is 1. The summed E-state index contributed by atoms with van der Waals surface area (Å²) in [5.41, 5.74) is 0.224. The van der Waals surface area contributed by atoms with Crippen molar-refractivity contribution in [3.63, 3.8) is 0 Å². The standard InChI is InChI=1S/C14H17FN2O4/c15-10-1-2-12(16-9-10)14(20)17-6-3-11(4-7-17)21-8-5-13(18)19/h1-2,9,11H,3-8H2,(H,18,19). The molecule has 0 spiro atoms. The molecule has 0 unspecified atom stereocenters. The summed E-state index contributed by atoms with van der Waals surface area (Å²) in [4.78, 5) is 28.0. The first-order valence-corrected chi connectivity index (χ1v) is 6.80. The number of nitrogens with zero attached hydrogens (tertiary/aromatic N) is 2. The number of hydrogen-bond acceptors (Lipinski definition) is 4. The van der Waals surface area contributed by atoms with Gasteiger partial charge < -0.3 is 14.7 Å². The molecule has 1 aliphatic heterocycles. The minimum atomic E-state index is -0.884. The highest BCUT2D eigenvalue weighted by atomic mass is 19.1. The fourth-order valence-electron chi connectivity index (χ4n) is 2.20. The molecule has 6 nitrogen and oxygen atoms in total. The largest absolute Gasteiger partial charge is 0.481 e. The summed E-state index contributed by atoms with van der Waals surface area (Å²) in [7, 11) is 0. The Morgan fingerprint density at radius 2 is 2.10 bits per heavy atom. The van der Waals surface area contributed by atoms with E-state index in [-0.39, 0.29) is 30.7 Å². The van der Waals surface area contributed by atoms with Crippen LogP contribution >= 0.6 is 0 Å². The number of piperidine rings is 1. The van der Waals surface area contributed by atoms with E-state index in [1.165, 1.54) is 12.1 Å². The van der Waals surface area contributed by atoms with Crippen molar-refractivity contribution in [3.8, 4) is 0 Å². The van der Waals surface area contributed by atoms with Crippen LogP contribution in [0.5, 0.6) is 0 Å². The predicted molar refractivity (Wildman–Crippen MR) is 71.3 cm³/mol. The molecule has 2 rings (SSSR count). The van der Waals surface area contributed by atoms with Gasteiger partial charge in [0.05, 0.1) is 25.3 Å². The van der Waals surface area contributed by atoms with E-state index in [2.05, 4.69) is 4.98 Å². The first-order valence-electron chi connectivity index (χ1n) is 6.80. The Balaban J connectivity index is 1.79. The molecule has 0 bridgehead atoms. The van der Waals surface area contributed by atoms with Gasteiger partial charge >= 0.3 is 5.97 Å². The molecule has 1 aromatic rings. The summed E-state index contributed by atoms with van der Waals surface area (Å²) >= 11 is 0. The number of amides is 1. The Bertz CT molecular complexity index is 498. The lowest BCUT2D eigenvalue weighted by Crippen LogP contribution is -2.41. The topological polar surface area (TPSA) is 79.7 Å². The monoisotopic (exact) mass is 296 g/mol. The highest BCUT2D eigenvalue weighted by Crippen LogP contribution is 2.16. The van der Waals surface area contributed by atoms with Crippen LogP contribution in [0.15, 0.2) is 18.3 Å². The Morgan fingerprint density at radius 3 is 2.67 bits per heavy atom. The van der Waals surface area contributed by atoms with E-state index in [9.17, 15) is 14.0 Å². The second-order valence-electron chi connectivity index (χ2n) is 4.87. The lowest BCUT2D eigenvalue weighted by molar-refractivity contribution is -0.138. The second kappa shape index (κ2) is 7.12. The highest BCUT2D eigenvalue weighted by Gasteiger charge is 2.24. The Hall–Kier alpha value is -2.02. The maximum atomic E-state index is 12.8. The van der Waals surface area contributed by atoms with Crippen molar-refractivity contribution in [3.05, 3.63) is 29.8 Å². The lowest BCUT2D eigenvalue weighted by atomic mass is 10.1. The minimum absolute atomic E-state index is 0.0152. The zero-order valence-electron chi connectivity index (χ0n) is 11.5. The summed E-state index contributed by atoms with van der Waals surface area (Å²) in [5.74, 6) is -1.58. The van der Waals surface area contributed by atoms with Crippen LogP contribution in [0.1, 0.15) is 29.8 Å². The lowest BCUT2D eigenvalue weighted by Gasteiger charge is -2.31. The Kier molecular flexibility index (Phi) is 5.21. The number of carboxylic acids is 1. The molecule has 2 heterocycles. The van der Waals surface area contributed by atoms with Gasteiger partial charge in [-0.2, -0.15) is 0 Å². The predicted octanol–water partition coefficient (Wildman–Crippen LogP) is 1.32. The second-order valence-corrected chi connectivity index (χ2v) is 4.87. The van der Waals surface area contributed by atoms with Gasteiger partial charge in [0.25, 0.3) is 5.91 Å². The summed E-state index contributed by atoms with van der Waals surface area (Å²) in [5, 5.41) is 8.54. The number of ether oxygens (including phenoxy) is 1. The number of hydrogen-bond donors (Lipinski definition) is 1. The fourth-order valence-corrected chi connectivity index (χ4v) is 2.20. The van der Waals surface area contributed by atoms with Crippen molar-refractivity contribution < 1.29 is 23.8 Å². The maximum absolute atomic E-state index is 12.8. The van der Waals surface area contributed by atoms with Crippen LogP contribution in [0.3, 0.4) is 0 Å². The molecule has 0 saturated carbocycles. The van der Waals surface area contributed by atoms with Gasteiger partial charge in [0.1, 0.15) is 11.5 Å². The summed E-state index contributed by atoms with van der Waals surface area (Å²) in [6.07, 6.45) is 2.31. The number of likely N-dealkylation sites (tertiary alicyclic amines) is 1. The van der Waals surface area contributed by atoms with Gasteiger partial charge in [0.2, 0.25) is 0 Å². The summed E-state index contributed by atoms with van der Waals surface area (Å²) in [6.45, 7) is 1.23. The van der Waals surface area contributed by atoms with E-state index in [1.54, 1.807) is 4.90 Å². The highest BCUT2D eigenvalue weighted by molar-refractivity contribution is 5.92. The van der Waals surface area contributed by atoms with E-state index in [4.69, 9.17) is 9.84 Å². The molecule has 0 aromatic carbocycles. The Labute approximate surface area is 121 Å². The van der Waals surface area contributed by atoms with Gasteiger partial charge in [-0.15, -0.1) is 0 Å². The van der Waals surface area contributed by atoms with Gasteiger partial charge in [-0.25, -0.2) is 9.37 Å². The van der Waals surface area contributed by atoms with Crippen LogP contribution in [0, 0.1) is 5.82 Å². The summed E-state index contributed by atoms with van der Waals surface area (Å²) in [6, 6.07) is 2.58. The average molecular weight is 296 g/mol. The normalized spacial score (nSPS) is 16.0. The molecule has 7 heteroatoms. The number of halogens is 1. The quantitative estimate of drug-likeness (QED) is 0.886. The fraction of sp³-hybridized carbons (Fsp3) is 0.500. The first-order chi connectivity index (χ1) is 10.1. The van der Waals surface area contributed by atoms with Crippen LogP contribution in [0.2, 0.25) is 0 Å². The van der Waals surface area contributed by atoms with E-state index >= 15 is 0 Å². The molecule has 0 radical (unpaired) electrons. The molecule has 1 amide bonds. The average Bonchev–Trinajstić information content (AvgIpc) is 2.48. The number of carbonyl (C=O) groups excluding carboxylic acids is 1. The van der Waals surface area contributed by atoms with Crippen LogP contribution < -0.4 is 0 Å². The SMILES string of the molecule is O=C(O)CCOC1CCN(C(=O)c2ccc(F)cn2)CC1. The smallest absolute Gasteiger partial charge is 0.305 e. The van der Waals surface area contributed by atoms with E-state index in [0.717, 1.165) is 6.20 Å². The zero-order valence-corrected chi connectivity index (χ0v) is 11.5. The van der Waals surface area contributed by atoms with Gasteiger partial charge in [0.15, 0.2) is 0 Å². The van der Waals surface area contributed by atoms with Crippen molar-refractivity contribution in [2.24, 2.45) is 0 Å². The molecule has 114 valence electrons. The molecule has 1 N–H and O–H groups in total. The molecule has 1 saturated heterocycles. The molecular formula is C14H17FN2O4. The van der Waals surface area contributed by atoms with Crippen molar-refractivity contribution in [1.29, 1.82) is 0 Å². The first kappa shape index (κ1) is 15.4. The molecule has 0 aliphatic carbocycles.